The molecule has 0 aromatic carbocycles. The lowest BCUT2D eigenvalue weighted by molar-refractivity contribution is 0.0660. The Hall–Kier alpha value is -1.29. The number of carboxylic acids is 1. The van der Waals surface area contributed by atoms with Gasteiger partial charge in [-0.3, -0.25) is 0 Å². The molecule has 2 rings (SSSR count). The van der Waals surface area contributed by atoms with Gasteiger partial charge in [0.05, 0.1) is 6.54 Å². The molecule has 1 aliphatic carbocycles. The zero-order valence-corrected chi connectivity index (χ0v) is 11.0. The molecule has 2 unspecified atom stereocenters. The number of carbonyl (C=O) groups is 1. The van der Waals surface area contributed by atoms with Crippen molar-refractivity contribution in [3.8, 4) is 0 Å². The molecule has 100 valence electrons. The lowest BCUT2D eigenvalue weighted by Gasteiger charge is -2.31. The highest BCUT2D eigenvalue weighted by atomic mass is 16.4. The Morgan fingerprint density at radius 1 is 1.33 bits per heavy atom. The molecule has 0 radical (unpaired) electrons. The first-order chi connectivity index (χ1) is 8.54. The summed E-state index contributed by atoms with van der Waals surface area (Å²) in [6, 6.07) is 3.75. The van der Waals surface area contributed by atoms with Crippen LogP contribution in [0, 0.1) is 11.8 Å². The van der Waals surface area contributed by atoms with Gasteiger partial charge in [-0.1, -0.05) is 13.8 Å². The molecule has 0 bridgehead atoms. The highest BCUT2D eigenvalue weighted by molar-refractivity contribution is 5.84. The SMILES string of the molecule is CC1CC(C)CC(NCc2ccc(C(=O)O)o2)C1. The van der Waals surface area contributed by atoms with E-state index in [1.807, 2.05) is 0 Å². The third kappa shape index (κ3) is 3.35. The molecule has 4 heteroatoms. The van der Waals surface area contributed by atoms with Gasteiger partial charge in [-0.15, -0.1) is 0 Å². The smallest absolute Gasteiger partial charge is 0.371 e. The minimum atomic E-state index is -1.01. The zero-order chi connectivity index (χ0) is 13.1. The van der Waals surface area contributed by atoms with Crippen LogP contribution in [-0.4, -0.2) is 17.1 Å². The summed E-state index contributed by atoms with van der Waals surface area (Å²) in [5.41, 5.74) is 0. The summed E-state index contributed by atoms with van der Waals surface area (Å²) in [6.45, 7) is 5.19. The molecule has 1 fully saturated rings. The quantitative estimate of drug-likeness (QED) is 0.863. The fraction of sp³-hybridized carbons (Fsp3) is 0.643. The number of carboxylic acid groups (broad SMARTS) is 1. The molecule has 1 aromatic heterocycles. The van der Waals surface area contributed by atoms with E-state index in [4.69, 9.17) is 9.52 Å². The molecule has 1 aromatic rings. The highest BCUT2D eigenvalue weighted by Crippen LogP contribution is 2.28. The summed E-state index contributed by atoms with van der Waals surface area (Å²) in [7, 11) is 0. The topological polar surface area (TPSA) is 62.5 Å². The molecule has 2 N–H and O–H groups in total. The summed E-state index contributed by atoms with van der Waals surface area (Å²) >= 11 is 0. The number of furan rings is 1. The minimum Gasteiger partial charge on any atom is -0.475 e. The van der Waals surface area contributed by atoms with Crippen molar-refractivity contribution in [3.63, 3.8) is 0 Å². The van der Waals surface area contributed by atoms with Crippen LogP contribution >= 0.6 is 0 Å². The molecule has 1 aliphatic rings. The maximum absolute atomic E-state index is 10.7. The Bertz CT molecular complexity index is 403. The van der Waals surface area contributed by atoms with E-state index in [1.54, 1.807) is 6.07 Å². The first kappa shape index (κ1) is 13.1. The first-order valence-electron chi connectivity index (χ1n) is 6.60. The number of hydrogen-bond acceptors (Lipinski definition) is 3. The van der Waals surface area contributed by atoms with Crippen molar-refractivity contribution < 1.29 is 14.3 Å². The number of rotatable bonds is 4. The van der Waals surface area contributed by atoms with Crippen LogP contribution in [0.2, 0.25) is 0 Å². The number of nitrogens with one attached hydrogen (secondary N) is 1. The molecule has 0 aliphatic heterocycles. The van der Waals surface area contributed by atoms with E-state index < -0.39 is 5.97 Å². The van der Waals surface area contributed by atoms with Crippen LogP contribution in [-0.2, 0) is 6.54 Å². The van der Waals surface area contributed by atoms with Crippen LogP contribution in [0.4, 0.5) is 0 Å². The van der Waals surface area contributed by atoms with Crippen LogP contribution in [0.15, 0.2) is 16.5 Å². The van der Waals surface area contributed by atoms with E-state index in [0.29, 0.717) is 18.3 Å². The molecule has 0 amide bonds. The van der Waals surface area contributed by atoms with E-state index >= 15 is 0 Å². The second-order valence-electron chi connectivity index (χ2n) is 5.57. The van der Waals surface area contributed by atoms with Gasteiger partial charge in [0.2, 0.25) is 5.76 Å². The van der Waals surface area contributed by atoms with Gasteiger partial charge < -0.3 is 14.8 Å². The van der Waals surface area contributed by atoms with Gasteiger partial charge in [-0.05, 0) is 43.2 Å². The maximum atomic E-state index is 10.7. The van der Waals surface area contributed by atoms with E-state index in [1.165, 1.54) is 25.3 Å². The van der Waals surface area contributed by atoms with Gasteiger partial charge in [0.15, 0.2) is 0 Å². The Labute approximate surface area is 107 Å². The molecular weight excluding hydrogens is 230 g/mol. The molecule has 0 spiro atoms. The molecular formula is C14H21NO3. The number of aromatic carboxylic acids is 1. The molecule has 4 nitrogen and oxygen atoms in total. The summed E-state index contributed by atoms with van der Waals surface area (Å²) in [6.07, 6.45) is 3.69. The largest absolute Gasteiger partial charge is 0.475 e. The van der Waals surface area contributed by atoms with Crippen molar-refractivity contribution in [2.75, 3.05) is 0 Å². The first-order valence-corrected chi connectivity index (χ1v) is 6.60. The Balaban J connectivity index is 1.85. The van der Waals surface area contributed by atoms with Crippen LogP contribution in [0.25, 0.3) is 0 Å². The van der Waals surface area contributed by atoms with Crippen molar-refractivity contribution in [1.82, 2.24) is 5.32 Å². The standard InChI is InChI=1S/C14H21NO3/c1-9-5-10(2)7-11(6-9)15-8-12-3-4-13(18-12)14(16)17/h3-4,9-11,15H,5-8H2,1-2H3,(H,16,17). The van der Waals surface area contributed by atoms with Gasteiger partial charge >= 0.3 is 5.97 Å². The Morgan fingerprint density at radius 2 is 2.00 bits per heavy atom. The van der Waals surface area contributed by atoms with Crippen LogP contribution in [0.3, 0.4) is 0 Å². The monoisotopic (exact) mass is 251 g/mol. The average molecular weight is 251 g/mol. The van der Waals surface area contributed by atoms with E-state index in [-0.39, 0.29) is 5.76 Å². The molecule has 18 heavy (non-hydrogen) atoms. The minimum absolute atomic E-state index is 0.0113. The highest BCUT2D eigenvalue weighted by Gasteiger charge is 2.23. The molecule has 2 atom stereocenters. The van der Waals surface area contributed by atoms with Gasteiger partial charge in [0, 0.05) is 6.04 Å². The Kier molecular flexibility index (Phi) is 4.07. The van der Waals surface area contributed by atoms with Crippen molar-refractivity contribution in [3.05, 3.63) is 23.7 Å². The summed E-state index contributed by atoms with van der Waals surface area (Å²) in [4.78, 5) is 10.7. The van der Waals surface area contributed by atoms with Crippen molar-refractivity contribution in [1.29, 1.82) is 0 Å². The van der Waals surface area contributed by atoms with Gasteiger partial charge in [-0.25, -0.2) is 4.79 Å². The third-order valence-electron chi connectivity index (χ3n) is 3.62. The molecule has 0 saturated heterocycles. The van der Waals surface area contributed by atoms with Crippen molar-refractivity contribution in [2.24, 2.45) is 11.8 Å². The van der Waals surface area contributed by atoms with Gasteiger partial charge in [0.25, 0.3) is 0 Å². The van der Waals surface area contributed by atoms with E-state index in [2.05, 4.69) is 19.2 Å². The van der Waals surface area contributed by atoms with E-state index in [9.17, 15) is 4.79 Å². The molecule has 1 saturated carbocycles. The normalized spacial score (nSPS) is 28.2. The van der Waals surface area contributed by atoms with E-state index in [0.717, 1.165) is 11.8 Å². The zero-order valence-electron chi connectivity index (χ0n) is 11.0. The predicted molar refractivity (Wildman–Crippen MR) is 68.5 cm³/mol. The molecule has 1 heterocycles. The summed E-state index contributed by atoms with van der Waals surface area (Å²) in [5.74, 6) is 1.21. The lowest BCUT2D eigenvalue weighted by Crippen LogP contribution is -2.35. The van der Waals surface area contributed by atoms with Gasteiger partial charge in [0.1, 0.15) is 5.76 Å². The van der Waals surface area contributed by atoms with Crippen LogP contribution < -0.4 is 5.32 Å². The fourth-order valence-electron chi connectivity index (χ4n) is 2.95. The van der Waals surface area contributed by atoms with Gasteiger partial charge in [-0.2, -0.15) is 0 Å². The lowest BCUT2D eigenvalue weighted by atomic mass is 9.80. The van der Waals surface area contributed by atoms with Crippen LogP contribution in [0.5, 0.6) is 0 Å². The third-order valence-corrected chi connectivity index (χ3v) is 3.62. The van der Waals surface area contributed by atoms with Crippen molar-refractivity contribution >= 4 is 5.97 Å². The fourth-order valence-corrected chi connectivity index (χ4v) is 2.95. The second kappa shape index (κ2) is 5.57. The number of hydrogen-bond donors (Lipinski definition) is 2. The van der Waals surface area contributed by atoms with Crippen LogP contribution in [0.1, 0.15) is 49.4 Å². The predicted octanol–water partition coefficient (Wildman–Crippen LogP) is 2.89. The summed E-state index contributed by atoms with van der Waals surface area (Å²) in [5, 5.41) is 12.2. The second-order valence-corrected chi connectivity index (χ2v) is 5.57. The average Bonchev–Trinajstić information content (AvgIpc) is 2.73. The summed E-state index contributed by atoms with van der Waals surface area (Å²) < 4.78 is 5.23. The van der Waals surface area contributed by atoms with Crippen molar-refractivity contribution in [2.45, 2.75) is 45.7 Å². The maximum Gasteiger partial charge on any atom is 0.371 e. The Morgan fingerprint density at radius 3 is 2.56 bits per heavy atom.